The molecule has 0 aromatic heterocycles. The molecule has 4 saturated carbocycles. The molecule has 5 aliphatic rings. The maximum absolute atomic E-state index is 13.3. The normalized spacial score (nSPS) is 33.0. The number of imide groups is 1. The molecule has 4 bridgehead atoms. The lowest BCUT2D eigenvalue weighted by Crippen LogP contribution is -2.71. The zero-order valence-electron chi connectivity index (χ0n) is 22.1. The summed E-state index contributed by atoms with van der Waals surface area (Å²) < 4.78 is 0. The van der Waals surface area contributed by atoms with Crippen LogP contribution in [0.5, 0.6) is 0 Å². The number of rotatable bonds is 10. The minimum Gasteiger partial charge on any atom is -0.338 e. The van der Waals surface area contributed by atoms with E-state index in [1.807, 2.05) is 20.8 Å². The Balaban J connectivity index is 1.33. The van der Waals surface area contributed by atoms with E-state index in [4.69, 9.17) is 5.73 Å². The van der Waals surface area contributed by atoms with Gasteiger partial charge in [0.25, 0.3) is 5.91 Å². The lowest BCUT2D eigenvalue weighted by atomic mass is 9.53. The number of carbonyl (C=O) groups excluding carboxylic acids is 4. The first-order chi connectivity index (χ1) is 17.1. The van der Waals surface area contributed by atoms with Crippen molar-refractivity contribution >= 4 is 23.9 Å². The highest BCUT2D eigenvalue weighted by Crippen LogP contribution is 2.55. The maximum atomic E-state index is 13.3. The highest BCUT2D eigenvalue weighted by Gasteiger charge is 2.51. The SMILES string of the molecule is CCCCN(C(=O)CCNC(=O)NC12CC3CC(CC(C3)C1)C2)C1C(=O)NC(=O)N(CC(C)C)C1N. The number of nitrogens with one attached hydrogen (secondary N) is 3. The summed E-state index contributed by atoms with van der Waals surface area (Å²) in [7, 11) is 0. The van der Waals surface area contributed by atoms with Gasteiger partial charge in [-0.3, -0.25) is 14.9 Å². The van der Waals surface area contributed by atoms with Crippen molar-refractivity contribution in [1.82, 2.24) is 25.8 Å². The van der Waals surface area contributed by atoms with Gasteiger partial charge >= 0.3 is 12.1 Å². The van der Waals surface area contributed by atoms with Crippen LogP contribution < -0.4 is 21.7 Å². The van der Waals surface area contributed by atoms with Gasteiger partial charge in [-0.05, 0) is 68.6 Å². The van der Waals surface area contributed by atoms with Gasteiger partial charge in [-0.15, -0.1) is 0 Å². The molecule has 1 heterocycles. The molecule has 5 N–H and O–H groups in total. The highest BCUT2D eigenvalue weighted by atomic mass is 16.2. The van der Waals surface area contributed by atoms with Crippen molar-refractivity contribution in [3.63, 3.8) is 0 Å². The van der Waals surface area contributed by atoms with E-state index >= 15 is 0 Å². The molecule has 6 amide bonds. The Morgan fingerprint density at radius 2 is 1.75 bits per heavy atom. The number of carbonyl (C=O) groups is 4. The molecular formula is C26H44N6O4. The Hall–Kier alpha value is -2.36. The number of urea groups is 2. The van der Waals surface area contributed by atoms with Crippen LogP contribution in [0.2, 0.25) is 0 Å². The molecule has 2 unspecified atom stereocenters. The van der Waals surface area contributed by atoms with Crippen LogP contribution in [0.4, 0.5) is 9.59 Å². The predicted octanol–water partition coefficient (Wildman–Crippen LogP) is 2.13. The summed E-state index contributed by atoms with van der Waals surface area (Å²) >= 11 is 0. The van der Waals surface area contributed by atoms with Gasteiger partial charge in [-0.1, -0.05) is 27.2 Å². The number of hydrogen-bond donors (Lipinski definition) is 4. The van der Waals surface area contributed by atoms with Gasteiger partial charge in [0.15, 0.2) is 0 Å². The number of unbranched alkanes of at least 4 members (excludes halogenated alkanes) is 1. The summed E-state index contributed by atoms with van der Waals surface area (Å²) in [5.74, 6) is 1.55. The van der Waals surface area contributed by atoms with Crippen molar-refractivity contribution < 1.29 is 19.2 Å². The Bertz CT molecular complexity index is 826. The van der Waals surface area contributed by atoms with Gasteiger partial charge in [0.05, 0.1) is 0 Å². The van der Waals surface area contributed by atoms with Crippen molar-refractivity contribution in [1.29, 1.82) is 0 Å². The van der Waals surface area contributed by atoms with E-state index in [0.717, 1.165) is 43.4 Å². The summed E-state index contributed by atoms with van der Waals surface area (Å²) in [5, 5.41) is 8.51. The third-order valence-electron chi connectivity index (χ3n) is 8.45. The fourth-order valence-electron chi connectivity index (χ4n) is 7.36. The number of nitrogens with two attached hydrogens (primary N) is 1. The maximum Gasteiger partial charge on any atom is 0.325 e. The molecule has 1 aliphatic heterocycles. The van der Waals surface area contributed by atoms with Crippen LogP contribution >= 0.6 is 0 Å². The highest BCUT2D eigenvalue weighted by molar-refractivity contribution is 6.01. The van der Waals surface area contributed by atoms with Crippen molar-refractivity contribution in [2.24, 2.45) is 29.4 Å². The lowest BCUT2D eigenvalue weighted by Gasteiger charge is -2.56. The lowest BCUT2D eigenvalue weighted by molar-refractivity contribution is -0.144. The minimum absolute atomic E-state index is 0.0621. The predicted molar refractivity (Wildman–Crippen MR) is 136 cm³/mol. The zero-order valence-corrected chi connectivity index (χ0v) is 22.1. The molecule has 10 heteroatoms. The number of amides is 6. The smallest absolute Gasteiger partial charge is 0.325 e. The van der Waals surface area contributed by atoms with Crippen LogP contribution in [-0.2, 0) is 9.59 Å². The van der Waals surface area contributed by atoms with Crippen LogP contribution in [0, 0.1) is 23.7 Å². The van der Waals surface area contributed by atoms with E-state index < -0.39 is 24.1 Å². The molecule has 202 valence electrons. The van der Waals surface area contributed by atoms with Crippen LogP contribution in [0.3, 0.4) is 0 Å². The second kappa shape index (κ2) is 10.9. The molecule has 4 aliphatic carbocycles. The molecule has 1 saturated heterocycles. The minimum atomic E-state index is -0.957. The van der Waals surface area contributed by atoms with Crippen molar-refractivity contribution in [3.05, 3.63) is 0 Å². The third kappa shape index (κ3) is 5.79. The van der Waals surface area contributed by atoms with E-state index in [0.29, 0.717) is 19.5 Å². The van der Waals surface area contributed by atoms with Crippen molar-refractivity contribution in [3.8, 4) is 0 Å². The van der Waals surface area contributed by atoms with Crippen LogP contribution in [0.25, 0.3) is 0 Å². The van der Waals surface area contributed by atoms with Gasteiger partial charge in [-0.2, -0.15) is 0 Å². The van der Waals surface area contributed by atoms with Crippen LogP contribution in [0.1, 0.15) is 78.6 Å². The molecule has 5 rings (SSSR count). The molecule has 0 spiro atoms. The first-order valence-electron chi connectivity index (χ1n) is 13.8. The Labute approximate surface area is 214 Å². The summed E-state index contributed by atoms with van der Waals surface area (Å²) in [6, 6.07) is -1.70. The monoisotopic (exact) mass is 504 g/mol. The van der Waals surface area contributed by atoms with Crippen molar-refractivity contribution in [2.45, 2.75) is 96.3 Å². The number of hydrogen-bond acceptors (Lipinski definition) is 5. The van der Waals surface area contributed by atoms with E-state index in [1.54, 1.807) is 0 Å². The van der Waals surface area contributed by atoms with Gasteiger partial charge in [0, 0.05) is 31.6 Å². The first-order valence-corrected chi connectivity index (χ1v) is 13.8. The summed E-state index contributed by atoms with van der Waals surface area (Å²) in [4.78, 5) is 54.1. The van der Waals surface area contributed by atoms with Crippen molar-refractivity contribution in [2.75, 3.05) is 19.6 Å². The fraction of sp³-hybridized carbons (Fsp3) is 0.846. The third-order valence-corrected chi connectivity index (χ3v) is 8.45. The molecule has 0 radical (unpaired) electrons. The van der Waals surface area contributed by atoms with E-state index in [-0.39, 0.29) is 36.4 Å². The molecule has 36 heavy (non-hydrogen) atoms. The second-order valence-electron chi connectivity index (χ2n) is 12.0. The fourth-order valence-corrected chi connectivity index (χ4v) is 7.36. The molecule has 5 fully saturated rings. The van der Waals surface area contributed by atoms with Gasteiger partial charge < -0.3 is 26.2 Å². The topological polar surface area (TPSA) is 137 Å². The van der Waals surface area contributed by atoms with Crippen LogP contribution in [-0.4, -0.2) is 71.1 Å². The number of nitrogens with zero attached hydrogens (tertiary/aromatic N) is 2. The van der Waals surface area contributed by atoms with Crippen LogP contribution in [0.15, 0.2) is 0 Å². The molecule has 0 aromatic carbocycles. The average Bonchev–Trinajstić information content (AvgIpc) is 2.77. The average molecular weight is 505 g/mol. The zero-order chi connectivity index (χ0) is 26.0. The summed E-state index contributed by atoms with van der Waals surface area (Å²) in [5.41, 5.74) is 6.29. The van der Waals surface area contributed by atoms with E-state index in [1.165, 1.54) is 29.1 Å². The standard InChI is InChI=1S/C26H44N6O4/c1-4-5-8-31(21-22(27)32(15-16(2)3)25(36)29-23(21)34)20(33)6-7-28-24(35)30-26-12-17-9-18(13-26)11-19(10-17)14-26/h16-19,21-22H,4-15,27H2,1-3H3,(H2,28,30,35)(H,29,34,36). The first kappa shape index (κ1) is 26.7. The van der Waals surface area contributed by atoms with E-state index in [2.05, 4.69) is 16.0 Å². The molecule has 0 aromatic rings. The Kier molecular flexibility index (Phi) is 8.12. The quantitative estimate of drug-likeness (QED) is 0.361. The van der Waals surface area contributed by atoms with Gasteiger partial charge in [0.1, 0.15) is 12.2 Å². The summed E-state index contributed by atoms with van der Waals surface area (Å²) in [6.07, 6.45) is 7.82. The van der Waals surface area contributed by atoms with Gasteiger partial charge in [0.2, 0.25) is 5.91 Å². The summed E-state index contributed by atoms with van der Waals surface area (Å²) in [6.45, 7) is 6.87. The Morgan fingerprint density at radius 3 is 2.31 bits per heavy atom. The van der Waals surface area contributed by atoms with Gasteiger partial charge in [-0.25, -0.2) is 9.59 Å². The molecular weight excluding hydrogens is 460 g/mol. The molecule has 10 nitrogen and oxygen atoms in total. The largest absolute Gasteiger partial charge is 0.338 e. The molecule has 2 atom stereocenters. The van der Waals surface area contributed by atoms with E-state index in [9.17, 15) is 19.2 Å². The Morgan fingerprint density at radius 1 is 1.14 bits per heavy atom. The second-order valence-corrected chi connectivity index (χ2v) is 12.0.